The first-order valence-electron chi connectivity index (χ1n) is 10.5. The van der Waals surface area contributed by atoms with Crippen LogP contribution in [-0.4, -0.2) is 23.3 Å². The minimum atomic E-state index is -4.58. The van der Waals surface area contributed by atoms with Crippen molar-refractivity contribution in [2.24, 2.45) is 17.8 Å². The van der Waals surface area contributed by atoms with Crippen molar-refractivity contribution in [3.05, 3.63) is 76.0 Å². The summed E-state index contributed by atoms with van der Waals surface area (Å²) in [5.74, 6) is -2.67. The van der Waals surface area contributed by atoms with Gasteiger partial charge in [-0.3, -0.25) is 9.59 Å². The number of fused-ring (bicyclic) bond motifs is 1. The van der Waals surface area contributed by atoms with Gasteiger partial charge in [0.25, 0.3) is 0 Å². The number of piperidine rings is 1. The van der Waals surface area contributed by atoms with Crippen LogP contribution in [0.4, 0.5) is 23.2 Å². The molecule has 0 aromatic heterocycles. The van der Waals surface area contributed by atoms with Gasteiger partial charge in [0, 0.05) is 28.8 Å². The van der Waals surface area contributed by atoms with E-state index in [-0.39, 0.29) is 28.5 Å². The summed E-state index contributed by atoms with van der Waals surface area (Å²) in [7, 11) is 0. The number of allylic oxidation sites excluding steroid dienone is 2. The van der Waals surface area contributed by atoms with Crippen LogP contribution in [0.5, 0.6) is 0 Å². The standard InChI is InChI=1S/C24H21BrF4N2O2/c25-19-9-8-16(12-18(19)24(27,28)29)30-22(32)17-6-3-5-14-10-11-31(23(33)21(14)17)13-15-4-1-2-7-20(15)26/h1-5,7-9,12,14,17,21H,6,10-11,13H2,(H,30,32)/t14?,17-,21?/m0/s1. The molecular weight excluding hydrogens is 504 g/mol. The molecular formula is C24H21BrF4N2O2. The first kappa shape index (κ1) is 23.5. The Kier molecular flexibility index (Phi) is 6.61. The van der Waals surface area contributed by atoms with Gasteiger partial charge in [0.2, 0.25) is 11.8 Å². The second kappa shape index (κ2) is 9.29. The lowest BCUT2D eigenvalue weighted by Crippen LogP contribution is -2.50. The van der Waals surface area contributed by atoms with E-state index >= 15 is 0 Å². The van der Waals surface area contributed by atoms with Crippen LogP contribution in [0, 0.1) is 23.6 Å². The summed E-state index contributed by atoms with van der Waals surface area (Å²) in [6, 6.07) is 9.69. The number of anilines is 1. The SMILES string of the molecule is O=C(Nc1ccc(Br)c(C(F)(F)F)c1)[C@H]1CC=CC2CCN(Cc3ccccc3F)C(=O)C21. The molecule has 2 amide bonds. The Balaban J connectivity index is 1.53. The van der Waals surface area contributed by atoms with Crippen LogP contribution < -0.4 is 5.32 Å². The largest absolute Gasteiger partial charge is 0.417 e. The van der Waals surface area contributed by atoms with E-state index in [0.717, 1.165) is 6.07 Å². The van der Waals surface area contributed by atoms with Crippen LogP contribution in [0.3, 0.4) is 0 Å². The summed E-state index contributed by atoms with van der Waals surface area (Å²) >= 11 is 2.88. The Morgan fingerprint density at radius 2 is 1.94 bits per heavy atom. The van der Waals surface area contributed by atoms with E-state index in [4.69, 9.17) is 0 Å². The van der Waals surface area contributed by atoms with Crippen LogP contribution in [0.1, 0.15) is 24.0 Å². The van der Waals surface area contributed by atoms with Gasteiger partial charge in [0.1, 0.15) is 5.82 Å². The molecule has 0 spiro atoms. The van der Waals surface area contributed by atoms with E-state index < -0.39 is 35.3 Å². The number of hydrogen-bond acceptors (Lipinski definition) is 2. The van der Waals surface area contributed by atoms with Crippen molar-refractivity contribution in [2.45, 2.75) is 25.6 Å². The first-order valence-corrected chi connectivity index (χ1v) is 11.3. The van der Waals surface area contributed by atoms with E-state index in [1.54, 1.807) is 23.1 Å². The number of carbonyl (C=O) groups is 2. The second-order valence-electron chi connectivity index (χ2n) is 8.28. The maximum Gasteiger partial charge on any atom is 0.417 e. The molecule has 9 heteroatoms. The molecule has 3 atom stereocenters. The summed E-state index contributed by atoms with van der Waals surface area (Å²) in [6.45, 7) is 0.545. The van der Waals surface area contributed by atoms with Gasteiger partial charge in [-0.05, 0) is 43.0 Å². The Morgan fingerprint density at radius 1 is 1.18 bits per heavy atom. The molecule has 33 heavy (non-hydrogen) atoms. The monoisotopic (exact) mass is 524 g/mol. The summed E-state index contributed by atoms with van der Waals surface area (Å²) in [5, 5.41) is 2.55. The van der Waals surface area contributed by atoms with E-state index in [1.807, 2.05) is 12.2 Å². The lowest BCUT2D eigenvalue weighted by atomic mass is 9.71. The Labute approximate surface area is 196 Å². The highest BCUT2D eigenvalue weighted by Gasteiger charge is 2.44. The minimum Gasteiger partial charge on any atom is -0.338 e. The van der Waals surface area contributed by atoms with Gasteiger partial charge in [0.05, 0.1) is 17.4 Å². The highest BCUT2D eigenvalue weighted by atomic mass is 79.9. The van der Waals surface area contributed by atoms with Crippen LogP contribution in [0.15, 0.2) is 59.1 Å². The van der Waals surface area contributed by atoms with E-state index in [1.165, 1.54) is 18.2 Å². The molecule has 1 N–H and O–H groups in total. The van der Waals surface area contributed by atoms with E-state index in [2.05, 4.69) is 21.2 Å². The summed E-state index contributed by atoms with van der Waals surface area (Å²) in [5.41, 5.74) is -0.495. The molecule has 0 bridgehead atoms. The normalized spacial score (nSPS) is 22.8. The number of halogens is 5. The van der Waals surface area contributed by atoms with E-state index in [0.29, 0.717) is 24.9 Å². The van der Waals surface area contributed by atoms with Gasteiger partial charge in [-0.15, -0.1) is 0 Å². The molecule has 1 aliphatic carbocycles. The molecule has 1 aliphatic heterocycles. The second-order valence-corrected chi connectivity index (χ2v) is 9.14. The summed E-state index contributed by atoms with van der Waals surface area (Å²) in [6.07, 6.45) is 0.115. The Bertz CT molecular complexity index is 1100. The average molecular weight is 525 g/mol. The third-order valence-corrected chi connectivity index (χ3v) is 6.88. The topological polar surface area (TPSA) is 49.4 Å². The van der Waals surface area contributed by atoms with E-state index in [9.17, 15) is 27.2 Å². The Morgan fingerprint density at radius 3 is 2.67 bits per heavy atom. The maximum absolute atomic E-state index is 14.1. The molecule has 0 saturated carbocycles. The Hall–Kier alpha value is -2.68. The van der Waals surface area contributed by atoms with Gasteiger partial charge in [-0.25, -0.2) is 4.39 Å². The molecule has 4 nitrogen and oxygen atoms in total. The van der Waals surface area contributed by atoms with Crippen molar-refractivity contribution >= 4 is 33.4 Å². The number of likely N-dealkylation sites (tertiary alicyclic amines) is 1. The van der Waals surface area contributed by atoms with Crippen LogP contribution >= 0.6 is 15.9 Å². The predicted molar refractivity (Wildman–Crippen MR) is 118 cm³/mol. The smallest absolute Gasteiger partial charge is 0.338 e. The zero-order valence-corrected chi connectivity index (χ0v) is 19.0. The highest BCUT2D eigenvalue weighted by molar-refractivity contribution is 9.10. The van der Waals surface area contributed by atoms with Crippen molar-refractivity contribution in [1.29, 1.82) is 0 Å². The molecule has 174 valence electrons. The van der Waals surface area contributed by atoms with Gasteiger partial charge in [0.15, 0.2) is 0 Å². The number of benzene rings is 2. The molecule has 1 heterocycles. The van der Waals surface area contributed by atoms with Crippen molar-refractivity contribution < 1.29 is 27.2 Å². The highest BCUT2D eigenvalue weighted by Crippen LogP contribution is 2.39. The zero-order chi connectivity index (χ0) is 23.8. The van der Waals surface area contributed by atoms with Gasteiger partial charge >= 0.3 is 6.18 Å². The minimum absolute atomic E-state index is 0.00750. The first-order chi connectivity index (χ1) is 15.6. The lowest BCUT2D eigenvalue weighted by Gasteiger charge is -2.41. The molecule has 2 unspecified atom stereocenters. The number of hydrogen-bond donors (Lipinski definition) is 1. The van der Waals surface area contributed by atoms with Crippen molar-refractivity contribution in [3.8, 4) is 0 Å². The fourth-order valence-corrected chi connectivity index (χ4v) is 5.01. The molecule has 2 aliphatic rings. The fourth-order valence-electron chi connectivity index (χ4n) is 4.54. The molecule has 4 rings (SSSR count). The fraction of sp³-hybridized carbons (Fsp3) is 0.333. The molecule has 1 fully saturated rings. The predicted octanol–water partition coefficient (Wildman–Crippen LogP) is 5.79. The molecule has 2 aromatic carbocycles. The molecule has 1 saturated heterocycles. The van der Waals surface area contributed by atoms with Crippen LogP contribution in [-0.2, 0) is 22.3 Å². The van der Waals surface area contributed by atoms with Crippen LogP contribution in [0.25, 0.3) is 0 Å². The third kappa shape index (κ3) is 4.98. The summed E-state index contributed by atoms with van der Waals surface area (Å²) < 4.78 is 53.6. The maximum atomic E-state index is 14.1. The van der Waals surface area contributed by atoms with Crippen molar-refractivity contribution in [2.75, 3.05) is 11.9 Å². The lowest BCUT2D eigenvalue weighted by molar-refractivity contribution is -0.147. The third-order valence-electron chi connectivity index (χ3n) is 6.19. The number of carbonyl (C=O) groups excluding carboxylic acids is 2. The quantitative estimate of drug-likeness (QED) is 0.406. The number of nitrogens with zero attached hydrogens (tertiary/aromatic N) is 1. The summed E-state index contributed by atoms with van der Waals surface area (Å²) in [4.78, 5) is 27.9. The van der Waals surface area contributed by atoms with Crippen LogP contribution in [0.2, 0.25) is 0 Å². The molecule has 0 radical (unpaired) electrons. The van der Waals surface area contributed by atoms with Gasteiger partial charge in [-0.2, -0.15) is 13.2 Å². The zero-order valence-electron chi connectivity index (χ0n) is 17.4. The van der Waals surface area contributed by atoms with Crippen molar-refractivity contribution in [1.82, 2.24) is 4.90 Å². The van der Waals surface area contributed by atoms with Crippen molar-refractivity contribution in [3.63, 3.8) is 0 Å². The number of amides is 2. The average Bonchev–Trinajstić information content (AvgIpc) is 2.77. The number of rotatable bonds is 4. The number of alkyl halides is 3. The number of nitrogens with one attached hydrogen (secondary N) is 1. The van der Waals surface area contributed by atoms with Gasteiger partial charge in [-0.1, -0.05) is 46.3 Å². The molecule has 2 aromatic rings. The van der Waals surface area contributed by atoms with Gasteiger partial charge < -0.3 is 10.2 Å².